The molecule has 6 amide bonds. The Kier molecular flexibility index (Phi) is 4.89. The van der Waals surface area contributed by atoms with Crippen LogP contribution in [0.25, 0.3) is 0 Å². The van der Waals surface area contributed by atoms with E-state index in [0.29, 0.717) is 11.1 Å². The highest BCUT2D eigenvalue weighted by Crippen LogP contribution is 2.35. The maximum Gasteiger partial charge on any atom is 0.326 e. The lowest BCUT2D eigenvalue weighted by atomic mass is 9.82. The molecule has 27 heavy (non-hydrogen) atoms. The van der Waals surface area contributed by atoms with Crippen LogP contribution >= 0.6 is 0 Å². The van der Waals surface area contributed by atoms with E-state index in [0.717, 1.165) is 4.90 Å². The summed E-state index contributed by atoms with van der Waals surface area (Å²) in [4.78, 5) is 49.9. The molecule has 8 nitrogen and oxygen atoms in total. The predicted octanol–water partition coefficient (Wildman–Crippen LogP) is 0.938. The molecule has 2 aromatic carbocycles. The van der Waals surface area contributed by atoms with Crippen LogP contribution in [0, 0.1) is 0 Å². The molecule has 0 bridgehead atoms. The van der Waals surface area contributed by atoms with Crippen molar-refractivity contribution in [3.05, 3.63) is 71.8 Å². The first kappa shape index (κ1) is 18.1. The predicted molar refractivity (Wildman–Crippen MR) is 96.5 cm³/mol. The Morgan fingerprint density at radius 1 is 0.963 bits per heavy atom. The molecule has 1 aliphatic rings. The van der Waals surface area contributed by atoms with Gasteiger partial charge in [-0.1, -0.05) is 60.7 Å². The molecule has 1 aliphatic heterocycles. The lowest BCUT2D eigenvalue weighted by molar-refractivity contribution is -0.134. The number of benzene rings is 2. The van der Waals surface area contributed by atoms with Crippen LogP contribution in [0.3, 0.4) is 0 Å². The van der Waals surface area contributed by atoms with Gasteiger partial charge in [0.25, 0.3) is 5.91 Å². The van der Waals surface area contributed by atoms with E-state index in [2.05, 4.69) is 10.6 Å². The molecule has 0 saturated carbocycles. The summed E-state index contributed by atoms with van der Waals surface area (Å²) in [6, 6.07) is 16.2. The standard InChI is InChI=1S/C19H18N4O4/c1-20-17(26)21-15(24)12-23-16(25)19(22-18(23)27,13-8-4-2-5-9-13)14-10-6-3-7-11-14/h2-11H,12H2,1H3,(H,22,27)(H2,20,21,24,26). The van der Waals surface area contributed by atoms with E-state index in [1.807, 2.05) is 5.32 Å². The van der Waals surface area contributed by atoms with E-state index in [4.69, 9.17) is 0 Å². The molecule has 1 fully saturated rings. The number of nitrogens with one attached hydrogen (secondary N) is 3. The van der Waals surface area contributed by atoms with Gasteiger partial charge < -0.3 is 10.6 Å². The van der Waals surface area contributed by atoms with Crippen LogP contribution in [-0.4, -0.2) is 42.4 Å². The van der Waals surface area contributed by atoms with E-state index in [9.17, 15) is 19.2 Å². The zero-order valence-corrected chi connectivity index (χ0v) is 14.6. The summed E-state index contributed by atoms with van der Waals surface area (Å²) in [6.45, 7) is -0.570. The Labute approximate surface area is 155 Å². The molecule has 1 heterocycles. The summed E-state index contributed by atoms with van der Waals surface area (Å²) in [5.41, 5.74) is -0.292. The lowest BCUT2D eigenvalue weighted by Crippen LogP contribution is -2.47. The Bertz CT molecular complexity index is 844. The molecule has 0 radical (unpaired) electrons. The number of hydrogen-bond donors (Lipinski definition) is 3. The topological polar surface area (TPSA) is 108 Å². The van der Waals surface area contributed by atoms with Crippen molar-refractivity contribution in [3.63, 3.8) is 0 Å². The Hall–Kier alpha value is -3.68. The zero-order valence-electron chi connectivity index (χ0n) is 14.6. The second-order valence-electron chi connectivity index (χ2n) is 5.93. The van der Waals surface area contributed by atoms with Gasteiger partial charge in [-0.15, -0.1) is 0 Å². The molecule has 2 aromatic rings. The van der Waals surface area contributed by atoms with Crippen LogP contribution in [0.4, 0.5) is 9.59 Å². The first-order chi connectivity index (χ1) is 13.0. The minimum absolute atomic E-state index is 0.570. The molecule has 3 N–H and O–H groups in total. The number of amides is 6. The number of rotatable bonds is 4. The third-order valence-corrected chi connectivity index (χ3v) is 4.30. The molecule has 0 unspecified atom stereocenters. The van der Waals surface area contributed by atoms with Crippen molar-refractivity contribution >= 4 is 23.9 Å². The van der Waals surface area contributed by atoms with Gasteiger partial charge in [0.2, 0.25) is 5.91 Å². The Morgan fingerprint density at radius 3 is 1.96 bits per heavy atom. The van der Waals surface area contributed by atoms with Crippen molar-refractivity contribution < 1.29 is 19.2 Å². The Balaban J connectivity index is 1.99. The van der Waals surface area contributed by atoms with Crippen molar-refractivity contribution in [1.29, 1.82) is 0 Å². The van der Waals surface area contributed by atoms with E-state index in [-0.39, 0.29) is 0 Å². The molecule has 138 valence electrons. The van der Waals surface area contributed by atoms with Crippen molar-refractivity contribution in [2.75, 3.05) is 13.6 Å². The molecule has 0 atom stereocenters. The molecule has 8 heteroatoms. The average Bonchev–Trinajstić information content (AvgIpc) is 2.94. The molecule has 0 aromatic heterocycles. The van der Waals surface area contributed by atoms with Gasteiger partial charge in [-0.2, -0.15) is 0 Å². The van der Waals surface area contributed by atoms with Crippen LogP contribution in [0.2, 0.25) is 0 Å². The minimum Gasteiger partial charge on any atom is -0.341 e. The van der Waals surface area contributed by atoms with E-state index < -0.39 is 36.0 Å². The first-order valence-corrected chi connectivity index (χ1v) is 8.25. The molecule has 3 rings (SSSR count). The summed E-state index contributed by atoms with van der Waals surface area (Å²) in [5, 5.41) is 7.01. The SMILES string of the molecule is CNC(=O)NC(=O)CN1C(=O)NC(c2ccccc2)(c2ccccc2)C1=O. The van der Waals surface area contributed by atoms with Gasteiger partial charge >= 0.3 is 12.1 Å². The number of carbonyl (C=O) groups is 4. The van der Waals surface area contributed by atoms with Gasteiger partial charge in [-0.05, 0) is 11.1 Å². The van der Waals surface area contributed by atoms with Crippen molar-refractivity contribution in [1.82, 2.24) is 20.9 Å². The van der Waals surface area contributed by atoms with Gasteiger partial charge in [-0.3, -0.25) is 19.8 Å². The highest BCUT2D eigenvalue weighted by Gasteiger charge is 2.54. The zero-order chi connectivity index (χ0) is 19.4. The summed E-state index contributed by atoms with van der Waals surface area (Å²) in [7, 11) is 1.35. The molecular weight excluding hydrogens is 348 g/mol. The van der Waals surface area contributed by atoms with Crippen molar-refractivity contribution in [2.24, 2.45) is 0 Å². The number of carbonyl (C=O) groups excluding carboxylic acids is 4. The quantitative estimate of drug-likeness (QED) is 0.700. The van der Waals surface area contributed by atoms with Crippen molar-refractivity contribution in [3.8, 4) is 0 Å². The normalized spacial score (nSPS) is 15.2. The first-order valence-electron chi connectivity index (χ1n) is 8.25. The number of nitrogens with zero attached hydrogens (tertiary/aromatic N) is 1. The second-order valence-corrected chi connectivity index (χ2v) is 5.93. The maximum atomic E-state index is 13.3. The van der Waals surface area contributed by atoms with Gasteiger partial charge in [0.05, 0.1) is 0 Å². The average molecular weight is 366 g/mol. The smallest absolute Gasteiger partial charge is 0.326 e. The van der Waals surface area contributed by atoms with Crippen molar-refractivity contribution in [2.45, 2.75) is 5.54 Å². The van der Waals surface area contributed by atoms with Gasteiger partial charge in [0.15, 0.2) is 5.54 Å². The van der Waals surface area contributed by atoms with Crippen LogP contribution in [0.15, 0.2) is 60.7 Å². The fraction of sp³-hybridized carbons (Fsp3) is 0.158. The summed E-state index contributed by atoms with van der Waals surface area (Å²) < 4.78 is 0. The summed E-state index contributed by atoms with van der Waals surface area (Å²) in [6.07, 6.45) is 0. The van der Waals surface area contributed by atoms with Gasteiger partial charge in [0, 0.05) is 7.05 Å². The summed E-state index contributed by atoms with van der Waals surface area (Å²) >= 11 is 0. The molecule has 0 spiro atoms. The maximum absolute atomic E-state index is 13.3. The summed E-state index contributed by atoms with van der Waals surface area (Å²) in [5.74, 6) is -1.35. The number of hydrogen-bond acceptors (Lipinski definition) is 4. The largest absolute Gasteiger partial charge is 0.341 e. The molecule has 1 saturated heterocycles. The monoisotopic (exact) mass is 366 g/mol. The minimum atomic E-state index is -1.44. The number of imide groups is 2. The van der Waals surface area contributed by atoms with E-state index >= 15 is 0 Å². The molecular formula is C19H18N4O4. The number of urea groups is 2. The van der Waals surface area contributed by atoms with E-state index in [1.165, 1.54) is 7.05 Å². The van der Waals surface area contributed by atoms with Crippen LogP contribution < -0.4 is 16.0 Å². The third-order valence-electron chi connectivity index (χ3n) is 4.30. The van der Waals surface area contributed by atoms with Crippen LogP contribution in [0.5, 0.6) is 0 Å². The van der Waals surface area contributed by atoms with Crippen LogP contribution in [-0.2, 0) is 15.1 Å². The van der Waals surface area contributed by atoms with Crippen LogP contribution in [0.1, 0.15) is 11.1 Å². The second kappa shape index (κ2) is 7.28. The fourth-order valence-electron chi connectivity index (χ4n) is 3.03. The Morgan fingerprint density at radius 2 is 1.48 bits per heavy atom. The highest BCUT2D eigenvalue weighted by molar-refractivity contribution is 6.12. The molecule has 0 aliphatic carbocycles. The highest BCUT2D eigenvalue weighted by atomic mass is 16.2. The fourth-order valence-corrected chi connectivity index (χ4v) is 3.03. The van der Waals surface area contributed by atoms with Gasteiger partial charge in [-0.25, -0.2) is 9.59 Å². The lowest BCUT2D eigenvalue weighted by Gasteiger charge is -2.27. The van der Waals surface area contributed by atoms with Gasteiger partial charge in [0.1, 0.15) is 6.54 Å². The third kappa shape index (κ3) is 3.24. The van der Waals surface area contributed by atoms with E-state index in [1.54, 1.807) is 60.7 Å².